The molecule has 1 amide bonds. The highest BCUT2D eigenvalue weighted by molar-refractivity contribution is 5.95. The zero-order chi connectivity index (χ0) is 20.3. The highest BCUT2D eigenvalue weighted by atomic mass is 16.5. The molecular weight excluding hydrogens is 358 g/mol. The smallest absolute Gasteiger partial charge is 0.307 e. The molecule has 7 nitrogen and oxygen atoms in total. The van der Waals surface area contributed by atoms with Crippen LogP contribution in [-0.2, 0) is 9.59 Å². The van der Waals surface area contributed by atoms with Gasteiger partial charge >= 0.3 is 5.97 Å². The Kier molecular flexibility index (Phi) is 5.63. The molecule has 146 valence electrons. The Bertz CT molecular complexity index is 878. The van der Waals surface area contributed by atoms with Crippen molar-refractivity contribution in [2.24, 2.45) is 17.6 Å². The number of nitrogens with one attached hydrogen (secondary N) is 2. The highest BCUT2D eigenvalue weighted by Crippen LogP contribution is 2.26. The lowest BCUT2D eigenvalue weighted by atomic mass is 9.91. The van der Waals surface area contributed by atoms with E-state index in [0.29, 0.717) is 24.3 Å². The molecule has 1 fully saturated rings. The van der Waals surface area contributed by atoms with Gasteiger partial charge in [0.1, 0.15) is 18.2 Å². The third-order valence-electron chi connectivity index (χ3n) is 5.05. The molecule has 3 atom stereocenters. The molecule has 1 aliphatic rings. The number of ether oxygens (including phenoxy) is 1. The van der Waals surface area contributed by atoms with E-state index in [9.17, 15) is 9.59 Å². The molecule has 0 spiro atoms. The van der Waals surface area contributed by atoms with Crippen LogP contribution in [0.15, 0.2) is 48.5 Å². The molecule has 5 N–H and O–H groups in total. The lowest BCUT2D eigenvalue weighted by molar-refractivity contribution is -0.145. The minimum Gasteiger partial charge on any atom is -0.491 e. The van der Waals surface area contributed by atoms with Crippen LogP contribution in [0.4, 0.5) is 0 Å². The lowest BCUT2D eigenvalue weighted by Crippen LogP contribution is -2.32. The number of nitrogen functional groups attached to an aromatic ring is 1. The Morgan fingerprint density at radius 2 is 1.79 bits per heavy atom. The molecule has 3 rings (SSSR count). The molecule has 2 aromatic carbocycles. The number of hydrogen-bond acceptors (Lipinski definition) is 4. The summed E-state index contributed by atoms with van der Waals surface area (Å²) in [7, 11) is 0. The van der Waals surface area contributed by atoms with Gasteiger partial charge in [0.25, 0.3) is 0 Å². The Morgan fingerprint density at radius 1 is 1.21 bits per heavy atom. The molecule has 0 bridgehead atoms. The first-order valence-electron chi connectivity index (χ1n) is 9.06. The van der Waals surface area contributed by atoms with E-state index in [1.165, 1.54) is 0 Å². The fraction of sp³-hybridized carbons (Fsp3) is 0.286. The molecule has 1 heterocycles. The third-order valence-corrected chi connectivity index (χ3v) is 5.05. The van der Waals surface area contributed by atoms with Gasteiger partial charge in [-0.2, -0.15) is 0 Å². The number of carboxylic acid groups (broad SMARTS) is 1. The van der Waals surface area contributed by atoms with Gasteiger partial charge in [-0.15, -0.1) is 0 Å². The largest absolute Gasteiger partial charge is 0.491 e. The van der Waals surface area contributed by atoms with Gasteiger partial charge in [0, 0.05) is 5.56 Å². The number of hydrogen-bond donors (Lipinski definition) is 4. The van der Waals surface area contributed by atoms with Crippen molar-refractivity contribution in [1.29, 1.82) is 5.41 Å². The van der Waals surface area contributed by atoms with Gasteiger partial charge in [0.05, 0.1) is 17.9 Å². The molecule has 0 saturated carbocycles. The summed E-state index contributed by atoms with van der Waals surface area (Å²) in [6.07, 6.45) is 0.451. The van der Waals surface area contributed by atoms with E-state index >= 15 is 0 Å². The number of rotatable bonds is 7. The lowest BCUT2D eigenvalue weighted by Gasteiger charge is -2.13. The molecule has 1 saturated heterocycles. The van der Waals surface area contributed by atoms with Crippen molar-refractivity contribution in [1.82, 2.24) is 5.32 Å². The number of benzene rings is 2. The van der Waals surface area contributed by atoms with Crippen molar-refractivity contribution in [2.45, 2.75) is 19.4 Å². The fourth-order valence-corrected chi connectivity index (χ4v) is 3.28. The summed E-state index contributed by atoms with van der Waals surface area (Å²) in [4.78, 5) is 23.0. The summed E-state index contributed by atoms with van der Waals surface area (Å²) in [6, 6.07) is 14.8. The summed E-state index contributed by atoms with van der Waals surface area (Å²) in [5, 5.41) is 19.3. The number of carboxylic acids is 1. The maximum atomic E-state index is 12.0. The van der Waals surface area contributed by atoms with Crippen LogP contribution in [0, 0.1) is 17.2 Å². The van der Waals surface area contributed by atoms with Gasteiger partial charge < -0.3 is 20.9 Å². The number of nitrogens with two attached hydrogens (primary N) is 1. The Labute approximate surface area is 163 Å². The van der Waals surface area contributed by atoms with Crippen molar-refractivity contribution >= 4 is 17.7 Å². The number of amides is 1. The first-order valence-corrected chi connectivity index (χ1v) is 9.06. The monoisotopic (exact) mass is 381 g/mol. The molecule has 1 aliphatic heterocycles. The second kappa shape index (κ2) is 8.12. The van der Waals surface area contributed by atoms with E-state index in [0.717, 1.165) is 11.1 Å². The summed E-state index contributed by atoms with van der Waals surface area (Å²) >= 11 is 0. The van der Waals surface area contributed by atoms with Crippen molar-refractivity contribution in [3.05, 3.63) is 54.1 Å². The van der Waals surface area contributed by atoms with Crippen LogP contribution in [0.3, 0.4) is 0 Å². The number of amidine groups is 1. The first kappa shape index (κ1) is 19.4. The van der Waals surface area contributed by atoms with Crippen LogP contribution in [0.2, 0.25) is 0 Å². The number of aliphatic carboxylic acids is 1. The zero-order valence-corrected chi connectivity index (χ0v) is 15.5. The molecule has 2 aromatic rings. The normalized spacial score (nSPS) is 19.7. The van der Waals surface area contributed by atoms with Gasteiger partial charge in [0.2, 0.25) is 5.91 Å². The Balaban J connectivity index is 1.57. The Hall–Kier alpha value is -3.35. The van der Waals surface area contributed by atoms with Crippen molar-refractivity contribution < 1.29 is 19.4 Å². The highest BCUT2D eigenvalue weighted by Gasteiger charge is 2.38. The van der Waals surface area contributed by atoms with Gasteiger partial charge in [-0.25, -0.2) is 0 Å². The summed E-state index contributed by atoms with van der Waals surface area (Å²) in [6.45, 7) is 1.85. The topological polar surface area (TPSA) is 126 Å². The second-order valence-electron chi connectivity index (χ2n) is 7.00. The summed E-state index contributed by atoms with van der Waals surface area (Å²) < 4.78 is 5.76. The second-order valence-corrected chi connectivity index (χ2v) is 7.00. The SMILES string of the molecule is CC(C(=O)O)[C@@H]1C[C@@H](COc2ccc(-c3ccc(C(=N)N)cc3)cc2)NC1=O. The van der Waals surface area contributed by atoms with Crippen molar-refractivity contribution in [2.75, 3.05) is 6.61 Å². The third kappa shape index (κ3) is 4.31. The molecular formula is C21H23N3O4. The quantitative estimate of drug-likeness (QED) is 0.432. The summed E-state index contributed by atoms with van der Waals surface area (Å²) in [5.41, 5.74) is 8.16. The van der Waals surface area contributed by atoms with E-state index in [2.05, 4.69) is 5.32 Å². The van der Waals surface area contributed by atoms with Crippen LogP contribution in [-0.4, -0.2) is 35.5 Å². The predicted octanol–water partition coefficient (Wildman–Crippen LogP) is 2.24. The summed E-state index contributed by atoms with van der Waals surface area (Å²) in [5.74, 6) is -1.71. The fourth-order valence-electron chi connectivity index (χ4n) is 3.28. The Morgan fingerprint density at radius 3 is 2.32 bits per heavy atom. The van der Waals surface area contributed by atoms with E-state index in [1.54, 1.807) is 19.1 Å². The van der Waals surface area contributed by atoms with E-state index in [-0.39, 0.29) is 17.8 Å². The van der Waals surface area contributed by atoms with Crippen LogP contribution < -0.4 is 15.8 Å². The van der Waals surface area contributed by atoms with Gasteiger partial charge in [-0.1, -0.05) is 43.3 Å². The molecule has 0 radical (unpaired) electrons. The molecule has 7 heteroatoms. The minimum atomic E-state index is -0.964. The van der Waals surface area contributed by atoms with E-state index in [1.807, 2.05) is 36.4 Å². The van der Waals surface area contributed by atoms with Crippen LogP contribution in [0.25, 0.3) is 11.1 Å². The number of carbonyl (C=O) groups is 2. The molecule has 0 aliphatic carbocycles. The zero-order valence-electron chi connectivity index (χ0n) is 15.5. The van der Waals surface area contributed by atoms with E-state index < -0.39 is 17.8 Å². The van der Waals surface area contributed by atoms with Crippen LogP contribution >= 0.6 is 0 Å². The minimum absolute atomic E-state index is 0.0364. The number of carbonyl (C=O) groups excluding carboxylic acids is 1. The standard InChI is InChI=1S/C21H23N3O4/c1-12(21(26)27)18-10-16(24-20(18)25)11-28-17-8-6-14(7-9-17)13-2-4-15(5-3-13)19(22)23/h2-9,12,16,18H,10-11H2,1H3,(H3,22,23)(H,24,25)(H,26,27)/t12?,16-,18-/m0/s1. The van der Waals surface area contributed by atoms with Crippen molar-refractivity contribution in [3.8, 4) is 16.9 Å². The van der Waals surface area contributed by atoms with Gasteiger partial charge in [-0.3, -0.25) is 15.0 Å². The first-order chi connectivity index (χ1) is 13.3. The van der Waals surface area contributed by atoms with E-state index in [4.69, 9.17) is 21.0 Å². The predicted molar refractivity (Wildman–Crippen MR) is 105 cm³/mol. The van der Waals surface area contributed by atoms with Crippen LogP contribution in [0.1, 0.15) is 18.9 Å². The van der Waals surface area contributed by atoms with Gasteiger partial charge in [0.15, 0.2) is 0 Å². The molecule has 1 unspecified atom stereocenters. The average molecular weight is 381 g/mol. The molecule has 0 aromatic heterocycles. The van der Waals surface area contributed by atoms with Gasteiger partial charge in [-0.05, 0) is 29.7 Å². The average Bonchev–Trinajstić information content (AvgIpc) is 3.06. The van der Waals surface area contributed by atoms with Crippen LogP contribution in [0.5, 0.6) is 5.75 Å². The maximum Gasteiger partial charge on any atom is 0.307 e. The van der Waals surface area contributed by atoms with Crippen molar-refractivity contribution in [3.63, 3.8) is 0 Å². The molecule has 28 heavy (non-hydrogen) atoms. The maximum absolute atomic E-state index is 12.0.